The summed E-state index contributed by atoms with van der Waals surface area (Å²) in [5.41, 5.74) is 5.49. The first-order chi connectivity index (χ1) is 12.6. The van der Waals surface area contributed by atoms with E-state index in [4.69, 9.17) is 10.5 Å². The fraction of sp³-hybridized carbons (Fsp3) is 0.875. The molecular weight excluding hydrogens is 390 g/mol. The number of nitrogens with two attached hydrogens (primary N) is 1. The van der Waals surface area contributed by atoms with E-state index < -0.39 is 15.6 Å². The normalized spacial score (nSPS) is 20.6. The van der Waals surface area contributed by atoms with Crippen molar-refractivity contribution in [2.24, 2.45) is 10.7 Å². The molecule has 0 radical (unpaired) electrons. The first-order valence-electron chi connectivity index (χ1n) is 9.17. The molecule has 2 fully saturated rings. The molecule has 0 unspecified atom stereocenters. The number of hydrogen-bond donors (Lipinski definition) is 1. The maximum atomic E-state index is 12.3. The van der Waals surface area contributed by atoms with Gasteiger partial charge < -0.3 is 20.3 Å². The number of carbonyl (C=O) groups excluding carboxylic acids is 1. The van der Waals surface area contributed by atoms with Gasteiger partial charge in [0.25, 0.3) is 0 Å². The van der Waals surface area contributed by atoms with Crippen molar-refractivity contribution in [1.82, 2.24) is 14.1 Å². The monoisotopic (exact) mass is 421 g/mol. The topological polar surface area (TPSA) is 109 Å². The van der Waals surface area contributed by atoms with Crippen molar-refractivity contribution in [3.8, 4) is 0 Å². The van der Waals surface area contributed by atoms with Crippen molar-refractivity contribution in [2.45, 2.75) is 26.4 Å². The van der Waals surface area contributed by atoms with E-state index in [1.54, 1.807) is 16.7 Å². The SMILES string of the molecule is CC(C)(C)OC(=O)N1CCN(C(N)=NCCS(=O)(=O)N2CCSCC2)CC1. The molecule has 9 nitrogen and oxygen atoms in total. The summed E-state index contributed by atoms with van der Waals surface area (Å²) in [5.74, 6) is 1.97. The summed E-state index contributed by atoms with van der Waals surface area (Å²) in [7, 11) is -3.28. The summed E-state index contributed by atoms with van der Waals surface area (Å²) >= 11 is 1.77. The highest BCUT2D eigenvalue weighted by Gasteiger charge is 2.27. The fourth-order valence-corrected chi connectivity index (χ4v) is 5.23. The number of nitrogens with zero attached hydrogens (tertiary/aromatic N) is 4. The molecule has 156 valence electrons. The van der Waals surface area contributed by atoms with Crippen LogP contribution >= 0.6 is 11.8 Å². The summed E-state index contributed by atoms with van der Waals surface area (Å²) in [6, 6.07) is 0. The number of hydrogen-bond acceptors (Lipinski definition) is 6. The molecule has 2 aliphatic heterocycles. The highest BCUT2D eigenvalue weighted by molar-refractivity contribution is 7.99. The standard InChI is InChI=1S/C16H31N5O4S2/c1-16(2,3)25-15(22)20-7-5-19(6-8-20)14(17)18-4-13-27(23,24)21-9-11-26-12-10-21/h4-13H2,1-3H3,(H2,17,18). The van der Waals surface area contributed by atoms with E-state index in [1.165, 1.54) is 4.31 Å². The second-order valence-corrected chi connectivity index (χ2v) is 10.8. The molecule has 0 atom stereocenters. The molecule has 2 rings (SSSR count). The molecule has 2 N–H and O–H groups in total. The van der Waals surface area contributed by atoms with Crippen LogP contribution in [0.5, 0.6) is 0 Å². The van der Waals surface area contributed by atoms with Gasteiger partial charge in [0.1, 0.15) is 5.60 Å². The minimum atomic E-state index is -3.28. The number of thioether (sulfide) groups is 1. The summed E-state index contributed by atoms with van der Waals surface area (Å²) in [6.45, 7) is 8.87. The molecule has 1 amide bonds. The zero-order valence-corrected chi connectivity index (χ0v) is 18.0. The highest BCUT2D eigenvalue weighted by Crippen LogP contribution is 2.14. The first-order valence-corrected chi connectivity index (χ1v) is 11.9. The molecule has 2 heterocycles. The second-order valence-electron chi connectivity index (χ2n) is 7.52. The van der Waals surface area contributed by atoms with Crippen LogP contribution in [0.1, 0.15) is 20.8 Å². The number of guanidine groups is 1. The molecule has 27 heavy (non-hydrogen) atoms. The smallest absolute Gasteiger partial charge is 0.410 e. The number of rotatable bonds is 4. The molecule has 0 bridgehead atoms. The van der Waals surface area contributed by atoms with E-state index in [-0.39, 0.29) is 18.4 Å². The van der Waals surface area contributed by atoms with E-state index in [0.29, 0.717) is 45.2 Å². The number of amides is 1. The van der Waals surface area contributed by atoms with E-state index in [9.17, 15) is 13.2 Å². The molecule has 0 aromatic heterocycles. The van der Waals surface area contributed by atoms with Gasteiger partial charge in [-0.3, -0.25) is 4.99 Å². The quantitative estimate of drug-likeness (QED) is 0.511. The molecule has 0 aromatic rings. The predicted octanol–water partition coefficient (Wildman–Crippen LogP) is 0.232. The van der Waals surface area contributed by atoms with Gasteiger partial charge in [0.15, 0.2) is 5.96 Å². The number of aliphatic imine (C=N–C) groups is 1. The Labute approximate surface area is 166 Å². The van der Waals surface area contributed by atoms with Gasteiger partial charge in [0.2, 0.25) is 10.0 Å². The lowest BCUT2D eigenvalue weighted by atomic mass is 10.2. The maximum Gasteiger partial charge on any atom is 0.410 e. The number of piperazine rings is 1. The Bertz CT molecular complexity index is 634. The minimum absolute atomic E-state index is 0.0315. The molecule has 2 saturated heterocycles. The third-order valence-electron chi connectivity index (χ3n) is 4.24. The molecule has 0 spiro atoms. The Morgan fingerprint density at radius 2 is 1.63 bits per heavy atom. The van der Waals surface area contributed by atoms with Crippen LogP contribution in [0.25, 0.3) is 0 Å². The molecular formula is C16H31N5O4S2. The summed E-state index contributed by atoms with van der Waals surface area (Å²) in [4.78, 5) is 19.8. The predicted molar refractivity (Wildman–Crippen MR) is 109 cm³/mol. The van der Waals surface area contributed by atoms with Crippen LogP contribution in [0.3, 0.4) is 0 Å². The van der Waals surface area contributed by atoms with Crippen LogP contribution in [-0.4, -0.2) is 103 Å². The summed E-state index contributed by atoms with van der Waals surface area (Å²) in [5, 5.41) is 0. The van der Waals surface area contributed by atoms with Gasteiger partial charge in [-0.15, -0.1) is 0 Å². The molecule has 0 saturated carbocycles. The Morgan fingerprint density at radius 3 is 2.19 bits per heavy atom. The van der Waals surface area contributed by atoms with E-state index in [0.717, 1.165) is 11.5 Å². The first kappa shape index (κ1) is 22.1. The third-order valence-corrected chi connectivity index (χ3v) is 7.03. The second kappa shape index (κ2) is 9.33. The zero-order valence-electron chi connectivity index (χ0n) is 16.4. The molecule has 11 heteroatoms. The zero-order chi connectivity index (χ0) is 20.1. The van der Waals surface area contributed by atoms with Gasteiger partial charge >= 0.3 is 6.09 Å². The Hall–Kier alpha value is -1.20. The molecule has 0 aliphatic carbocycles. The minimum Gasteiger partial charge on any atom is -0.444 e. The van der Waals surface area contributed by atoms with Crippen molar-refractivity contribution in [1.29, 1.82) is 0 Å². The Kier molecular flexibility index (Phi) is 7.64. The van der Waals surface area contributed by atoms with Crippen molar-refractivity contribution in [3.63, 3.8) is 0 Å². The van der Waals surface area contributed by atoms with Crippen molar-refractivity contribution >= 4 is 33.8 Å². The lowest BCUT2D eigenvalue weighted by Crippen LogP contribution is -2.53. The maximum absolute atomic E-state index is 12.3. The van der Waals surface area contributed by atoms with Crippen LogP contribution in [0.4, 0.5) is 4.79 Å². The van der Waals surface area contributed by atoms with E-state index in [2.05, 4.69) is 4.99 Å². The lowest BCUT2D eigenvalue weighted by Gasteiger charge is -2.36. The summed E-state index contributed by atoms with van der Waals surface area (Å²) < 4.78 is 31.5. The van der Waals surface area contributed by atoms with Crippen molar-refractivity contribution in [2.75, 3.05) is 63.1 Å². The Morgan fingerprint density at radius 1 is 1.07 bits per heavy atom. The average Bonchev–Trinajstić information content (AvgIpc) is 2.61. The lowest BCUT2D eigenvalue weighted by molar-refractivity contribution is 0.0186. The van der Waals surface area contributed by atoms with Crippen LogP contribution in [0.15, 0.2) is 4.99 Å². The van der Waals surface area contributed by atoms with E-state index >= 15 is 0 Å². The molecule has 0 aromatic carbocycles. The third kappa shape index (κ3) is 7.04. The number of carbonyl (C=O) groups is 1. The van der Waals surface area contributed by atoms with Gasteiger partial charge in [-0.05, 0) is 20.8 Å². The number of ether oxygens (including phenoxy) is 1. The van der Waals surface area contributed by atoms with Crippen LogP contribution in [-0.2, 0) is 14.8 Å². The van der Waals surface area contributed by atoms with Gasteiger partial charge in [-0.1, -0.05) is 0 Å². The molecule has 2 aliphatic rings. The van der Waals surface area contributed by atoms with Gasteiger partial charge in [-0.2, -0.15) is 11.8 Å². The van der Waals surface area contributed by atoms with Crippen LogP contribution < -0.4 is 5.73 Å². The Balaban J connectivity index is 1.78. The average molecular weight is 422 g/mol. The van der Waals surface area contributed by atoms with Crippen molar-refractivity contribution in [3.05, 3.63) is 0 Å². The van der Waals surface area contributed by atoms with Gasteiger partial charge in [0.05, 0.1) is 12.3 Å². The fourth-order valence-electron chi connectivity index (χ4n) is 2.77. The van der Waals surface area contributed by atoms with Crippen LogP contribution in [0.2, 0.25) is 0 Å². The van der Waals surface area contributed by atoms with Gasteiger partial charge in [0, 0.05) is 50.8 Å². The van der Waals surface area contributed by atoms with Gasteiger partial charge in [-0.25, -0.2) is 17.5 Å². The number of sulfonamides is 1. The summed E-state index contributed by atoms with van der Waals surface area (Å²) in [6.07, 6.45) is -0.330. The van der Waals surface area contributed by atoms with Crippen molar-refractivity contribution < 1.29 is 17.9 Å². The largest absolute Gasteiger partial charge is 0.444 e. The van der Waals surface area contributed by atoms with Crippen LogP contribution in [0, 0.1) is 0 Å². The van der Waals surface area contributed by atoms with E-state index in [1.807, 2.05) is 25.7 Å². The highest BCUT2D eigenvalue weighted by atomic mass is 32.2.